The molecule has 0 saturated heterocycles. The average Bonchev–Trinajstić information content (AvgIpc) is 3.23. The van der Waals surface area contributed by atoms with Gasteiger partial charge in [-0.3, -0.25) is 9.32 Å². The molecule has 0 N–H and O–H groups in total. The zero-order valence-electron chi connectivity index (χ0n) is 34.7. The molecule has 0 saturated carbocycles. The molecule has 1 heterocycles. The summed E-state index contributed by atoms with van der Waals surface area (Å²) in [6.45, 7) is 26.9. The Balaban J connectivity index is 1.84. The molecular weight excluding hydrogens is 701 g/mol. The van der Waals surface area contributed by atoms with Gasteiger partial charge in [0.15, 0.2) is 0 Å². The summed E-state index contributed by atoms with van der Waals surface area (Å²) >= 11 is 0. The van der Waals surface area contributed by atoms with Gasteiger partial charge in [0.25, 0.3) is 0 Å². The van der Waals surface area contributed by atoms with E-state index >= 15 is 0 Å². The second-order valence-corrected chi connectivity index (χ2v) is 22.0. The predicted octanol–water partition coefficient (Wildman–Crippen LogP) is 9.21. The van der Waals surface area contributed by atoms with Crippen LogP contribution in [0.5, 0.6) is 0 Å². The van der Waals surface area contributed by atoms with E-state index in [1.54, 1.807) is 0 Å². The summed E-state index contributed by atoms with van der Waals surface area (Å²) in [6.07, 6.45) is 0. The van der Waals surface area contributed by atoms with E-state index in [9.17, 15) is 0 Å². The molecule has 1 aliphatic rings. The van der Waals surface area contributed by atoms with Gasteiger partial charge in [-0.1, -0.05) is 131 Å². The van der Waals surface area contributed by atoms with E-state index in [1.807, 2.05) is 0 Å². The lowest BCUT2D eigenvalue weighted by Gasteiger charge is -2.41. The van der Waals surface area contributed by atoms with Gasteiger partial charge in [0, 0.05) is 11.1 Å². The number of hydrogen-bond acceptors (Lipinski definition) is 3. The summed E-state index contributed by atoms with van der Waals surface area (Å²) in [5.41, 5.74) is 18.5. The summed E-state index contributed by atoms with van der Waals surface area (Å²) in [7, 11) is -7.43. The maximum atomic E-state index is 8.74. The minimum atomic E-state index is -3.71. The molecule has 3 nitrogen and oxygen atoms in total. The third kappa shape index (κ3) is 6.73. The molecule has 5 heteroatoms. The standard InChI is InChI=1S/C50H54N2OSi2/c1-31-23-35(5)47(36(6)24-31)54(48-37(7)25-32(2)26-38(48)8)51-45(43-19-15-13-16-20-43)46(44-21-17-14-18-22-44)52-55(53-54,49-39(9)27-33(3)28-40(49)10)50-41(11)29-34(4)30-42(50)12/h13-30H,1-12H3. The molecule has 0 amide bonds. The first-order valence-corrected chi connectivity index (χ1v) is 23.2. The van der Waals surface area contributed by atoms with Crippen LogP contribution in [0.2, 0.25) is 0 Å². The Morgan fingerprint density at radius 1 is 0.327 bits per heavy atom. The van der Waals surface area contributed by atoms with Gasteiger partial charge in [-0.25, -0.2) is 0 Å². The van der Waals surface area contributed by atoms with E-state index in [0.29, 0.717) is 0 Å². The first-order chi connectivity index (χ1) is 26.1. The molecule has 6 aromatic rings. The van der Waals surface area contributed by atoms with Crippen LogP contribution in [0.15, 0.2) is 119 Å². The SMILES string of the molecule is Cc1cc(C)c([Si]2(c3c(C)cc(C)cc3C)N=C(c3ccccc3)C(c3ccccc3)=N[Si](c3c(C)cc(C)cc3C)(c3c(C)cc(C)cc3C)O2)c(C)c1. The van der Waals surface area contributed by atoms with E-state index in [2.05, 4.69) is 192 Å². The lowest BCUT2D eigenvalue weighted by atomic mass is 10.0. The van der Waals surface area contributed by atoms with Crippen LogP contribution in [0, 0.1) is 83.1 Å². The van der Waals surface area contributed by atoms with E-state index < -0.39 is 17.0 Å². The highest BCUT2D eigenvalue weighted by atomic mass is 28.4. The van der Waals surface area contributed by atoms with Gasteiger partial charge in [-0.05, 0) is 148 Å². The fourth-order valence-corrected chi connectivity index (χ4v) is 20.4. The van der Waals surface area contributed by atoms with Crippen molar-refractivity contribution < 1.29 is 4.12 Å². The van der Waals surface area contributed by atoms with Crippen LogP contribution in [-0.4, -0.2) is 28.4 Å². The van der Waals surface area contributed by atoms with Crippen LogP contribution in [0.3, 0.4) is 0 Å². The lowest BCUT2D eigenvalue weighted by molar-refractivity contribution is 0.574. The molecule has 0 spiro atoms. The van der Waals surface area contributed by atoms with Crippen molar-refractivity contribution in [2.45, 2.75) is 83.1 Å². The van der Waals surface area contributed by atoms with Gasteiger partial charge >= 0.3 is 17.0 Å². The van der Waals surface area contributed by atoms with Gasteiger partial charge in [0.2, 0.25) is 0 Å². The number of rotatable bonds is 6. The van der Waals surface area contributed by atoms with Crippen molar-refractivity contribution in [3.63, 3.8) is 0 Å². The fourth-order valence-electron chi connectivity index (χ4n) is 9.81. The molecule has 278 valence electrons. The maximum Gasteiger partial charge on any atom is 0.380 e. The highest BCUT2D eigenvalue weighted by molar-refractivity contribution is 7.10. The van der Waals surface area contributed by atoms with Crippen molar-refractivity contribution in [2.24, 2.45) is 9.32 Å². The summed E-state index contributed by atoms with van der Waals surface area (Å²) < 4.78 is 21.4. The van der Waals surface area contributed by atoms with Crippen LogP contribution in [0.1, 0.15) is 77.9 Å². The first kappa shape index (κ1) is 38.3. The smallest absolute Gasteiger partial charge is 0.380 e. The van der Waals surface area contributed by atoms with Crippen molar-refractivity contribution in [3.8, 4) is 0 Å². The number of hydrogen-bond donors (Lipinski definition) is 0. The zero-order valence-corrected chi connectivity index (χ0v) is 36.7. The summed E-state index contributed by atoms with van der Waals surface area (Å²) in [5.74, 6) is 0. The molecular formula is C50H54N2OSi2. The molecule has 0 unspecified atom stereocenters. The third-order valence-corrected chi connectivity index (χ3v) is 20.5. The molecule has 0 fully saturated rings. The molecule has 0 aliphatic carbocycles. The fraction of sp³-hybridized carbons (Fsp3) is 0.240. The van der Waals surface area contributed by atoms with E-state index in [-0.39, 0.29) is 0 Å². The Hall–Kier alpha value is -4.95. The predicted molar refractivity (Wildman–Crippen MR) is 240 cm³/mol. The number of benzene rings is 6. The van der Waals surface area contributed by atoms with Crippen molar-refractivity contribution in [1.82, 2.24) is 0 Å². The topological polar surface area (TPSA) is 34.0 Å². The highest BCUT2D eigenvalue weighted by Crippen LogP contribution is 2.32. The molecule has 1 aliphatic heterocycles. The Bertz CT molecular complexity index is 2150. The van der Waals surface area contributed by atoms with E-state index in [0.717, 1.165) is 22.6 Å². The third-order valence-electron chi connectivity index (χ3n) is 11.2. The van der Waals surface area contributed by atoms with Crippen LogP contribution >= 0.6 is 0 Å². The number of aryl methyl sites for hydroxylation is 12. The van der Waals surface area contributed by atoms with Crippen LogP contribution < -0.4 is 20.7 Å². The molecule has 0 aromatic heterocycles. The van der Waals surface area contributed by atoms with Crippen molar-refractivity contribution in [3.05, 3.63) is 187 Å². The molecule has 0 radical (unpaired) electrons. The lowest BCUT2D eigenvalue weighted by Crippen LogP contribution is -2.74. The minimum absolute atomic E-state index is 0.886. The van der Waals surface area contributed by atoms with Crippen molar-refractivity contribution in [1.29, 1.82) is 0 Å². The summed E-state index contributed by atoms with van der Waals surface area (Å²) in [4.78, 5) is 0. The van der Waals surface area contributed by atoms with Crippen molar-refractivity contribution >= 4 is 49.1 Å². The summed E-state index contributed by atoms with van der Waals surface area (Å²) in [5, 5.41) is 4.86. The van der Waals surface area contributed by atoms with E-state index in [1.165, 1.54) is 87.5 Å². The van der Waals surface area contributed by atoms with Gasteiger partial charge in [-0.15, -0.1) is 0 Å². The maximum absolute atomic E-state index is 8.74. The van der Waals surface area contributed by atoms with Gasteiger partial charge < -0.3 is 4.12 Å². The van der Waals surface area contributed by atoms with E-state index in [4.69, 9.17) is 13.4 Å². The minimum Gasteiger partial charge on any atom is -0.408 e. The molecule has 55 heavy (non-hydrogen) atoms. The Labute approximate surface area is 331 Å². The van der Waals surface area contributed by atoms with Crippen LogP contribution in [-0.2, 0) is 4.12 Å². The monoisotopic (exact) mass is 754 g/mol. The Morgan fingerprint density at radius 2 is 0.545 bits per heavy atom. The van der Waals surface area contributed by atoms with Crippen LogP contribution in [0.25, 0.3) is 0 Å². The molecule has 7 rings (SSSR count). The first-order valence-electron chi connectivity index (χ1n) is 19.5. The molecule has 0 bridgehead atoms. The van der Waals surface area contributed by atoms with Gasteiger partial charge in [0.1, 0.15) is 0 Å². The zero-order chi connectivity index (χ0) is 39.4. The van der Waals surface area contributed by atoms with Gasteiger partial charge in [0.05, 0.1) is 11.4 Å². The average molecular weight is 755 g/mol. The normalized spacial score (nSPS) is 15.0. The largest absolute Gasteiger partial charge is 0.408 e. The second kappa shape index (κ2) is 14.6. The highest BCUT2D eigenvalue weighted by Gasteiger charge is 2.58. The summed E-state index contributed by atoms with van der Waals surface area (Å²) in [6, 6.07) is 40.0. The Morgan fingerprint density at radius 3 is 0.764 bits per heavy atom. The Kier molecular flexibility index (Phi) is 10.2. The van der Waals surface area contributed by atoms with Crippen molar-refractivity contribution in [2.75, 3.05) is 0 Å². The molecule has 6 aromatic carbocycles. The van der Waals surface area contributed by atoms with Crippen LogP contribution in [0.4, 0.5) is 0 Å². The quantitative estimate of drug-likeness (QED) is 0.156. The second-order valence-electron chi connectivity index (χ2n) is 16.1. The number of nitrogens with zero attached hydrogens (tertiary/aromatic N) is 2. The van der Waals surface area contributed by atoms with Gasteiger partial charge in [-0.2, -0.15) is 0 Å². The molecule has 0 atom stereocenters.